The summed E-state index contributed by atoms with van der Waals surface area (Å²) in [6.07, 6.45) is 3.42. The number of methoxy groups -OCH3 is 1. The Kier molecular flexibility index (Phi) is 7.31. The van der Waals surface area contributed by atoms with E-state index in [-0.39, 0.29) is 11.5 Å². The molecule has 0 saturated carbocycles. The molecule has 35 heavy (non-hydrogen) atoms. The van der Waals surface area contributed by atoms with Crippen LogP contribution in [0.2, 0.25) is 0 Å². The fourth-order valence-electron chi connectivity index (χ4n) is 3.55. The van der Waals surface area contributed by atoms with E-state index in [0.717, 1.165) is 14.7 Å². The van der Waals surface area contributed by atoms with Crippen molar-refractivity contribution in [1.82, 2.24) is 0 Å². The third-order valence-corrected chi connectivity index (χ3v) is 5.99. The molecule has 0 bridgehead atoms. The molecule has 0 saturated heterocycles. The molecule has 3 aromatic carbocycles. The first-order valence-electron chi connectivity index (χ1n) is 10.6. The molecule has 0 radical (unpaired) electrons. The fourth-order valence-corrected chi connectivity index (χ4v) is 4.33. The lowest BCUT2D eigenvalue weighted by Gasteiger charge is -2.13. The van der Waals surface area contributed by atoms with Gasteiger partial charge in [0, 0.05) is 5.56 Å². The summed E-state index contributed by atoms with van der Waals surface area (Å²) >= 11 is 2.16. The number of ether oxygens (including phenoxy) is 2. The number of carbonyl (C=O) groups excluding carboxylic acids is 1. The second kappa shape index (κ2) is 10.6. The van der Waals surface area contributed by atoms with E-state index in [4.69, 9.17) is 9.47 Å². The maximum Gasteiger partial charge on any atom is 0.335 e. The molecule has 0 aliphatic carbocycles. The van der Waals surface area contributed by atoms with E-state index < -0.39 is 5.97 Å². The van der Waals surface area contributed by atoms with Crippen LogP contribution in [0.5, 0.6) is 11.5 Å². The molecule has 1 aliphatic heterocycles. The Labute approximate surface area is 216 Å². The van der Waals surface area contributed by atoms with Gasteiger partial charge in [-0.05, 0) is 70.6 Å². The van der Waals surface area contributed by atoms with Crippen molar-refractivity contribution in [2.24, 2.45) is 5.10 Å². The Balaban J connectivity index is 1.79. The molecular formula is C27H21IN2O5. The zero-order valence-corrected chi connectivity index (χ0v) is 20.9. The van der Waals surface area contributed by atoms with Crippen molar-refractivity contribution in [3.63, 3.8) is 0 Å². The van der Waals surface area contributed by atoms with Gasteiger partial charge in [-0.25, -0.2) is 4.79 Å². The third kappa shape index (κ3) is 5.12. The lowest BCUT2D eigenvalue weighted by atomic mass is 10.00. The fraction of sp³-hybridized carbons (Fsp3) is 0.0741. The minimum absolute atomic E-state index is 0.129. The standard InChI is InChI=1S/C27H21IN2O5/c1-3-13-35-25-22(28)15-17(16-23(25)34-2)14-21-24(18-7-5-4-6-8-18)29-30(26(21)31)20-11-9-19(10-12-20)27(32)33/h3-12,14-16H,1,13H2,2H3,(H,32,33)/b21-14+. The minimum Gasteiger partial charge on any atom is -0.493 e. The number of benzene rings is 3. The average molecular weight is 580 g/mol. The largest absolute Gasteiger partial charge is 0.493 e. The second-order valence-corrected chi connectivity index (χ2v) is 8.64. The van der Waals surface area contributed by atoms with Crippen LogP contribution < -0.4 is 14.5 Å². The molecule has 1 N–H and O–H groups in total. The average Bonchev–Trinajstić information content (AvgIpc) is 3.19. The van der Waals surface area contributed by atoms with Gasteiger partial charge < -0.3 is 14.6 Å². The zero-order chi connectivity index (χ0) is 24.9. The normalized spacial score (nSPS) is 14.1. The second-order valence-electron chi connectivity index (χ2n) is 7.48. The number of hydrazone groups is 1. The van der Waals surface area contributed by atoms with E-state index in [1.807, 2.05) is 36.4 Å². The first kappa shape index (κ1) is 24.2. The topological polar surface area (TPSA) is 88.4 Å². The SMILES string of the molecule is C=CCOc1c(I)cc(/C=C2/C(=O)N(c3ccc(C(=O)O)cc3)N=C2c2ccccc2)cc1OC. The number of nitrogens with zero attached hydrogens (tertiary/aromatic N) is 2. The molecule has 0 spiro atoms. The number of halogens is 1. The first-order valence-corrected chi connectivity index (χ1v) is 11.7. The van der Waals surface area contributed by atoms with Gasteiger partial charge in [-0.1, -0.05) is 43.0 Å². The number of carbonyl (C=O) groups is 2. The molecule has 176 valence electrons. The van der Waals surface area contributed by atoms with E-state index in [2.05, 4.69) is 34.3 Å². The quantitative estimate of drug-likeness (QED) is 0.219. The van der Waals surface area contributed by atoms with E-state index in [1.165, 1.54) is 17.1 Å². The highest BCUT2D eigenvalue weighted by molar-refractivity contribution is 14.1. The van der Waals surface area contributed by atoms with Crippen LogP contribution in [0, 0.1) is 3.57 Å². The number of hydrogen-bond donors (Lipinski definition) is 1. The van der Waals surface area contributed by atoms with Gasteiger partial charge in [0.15, 0.2) is 11.5 Å². The summed E-state index contributed by atoms with van der Waals surface area (Å²) in [5.41, 5.74) is 3.03. The number of anilines is 1. The summed E-state index contributed by atoms with van der Waals surface area (Å²) in [5.74, 6) is -0.226. The van der Waals surface area contributed by atoms with E-state index in [9.17, 15) is 14.7 Å². The third-order valence-electron chi connectivity index (χ3n) is 5.19. The summed E-state index contributed by atoms with van der Waals surface area (Å²) in [4.78, 5) is 24.7. The molecule has 1 amide bonds. The summed E-state index contributed by atoms with van der Waals surface area (Å²) < 4.78 is 12.1. The highest BCUT2D eigenvalue weighted by Crippen LogP contribution is 2.36. The summed E-state index contributed by atoms with van der Waals surface area (Å²) in [7, 11) is 1.56. The molecule has 1 aliphatic rings. The molecule has 7 nitrogen and oxygen atoms in total. The predicted molar refractivity (Wildman–Crippen MR) is 143 cm³/mol. The highest BCUT2D eigenvalue weighted by Gasteiger charge is 2.32. The van der Waals surface area contributed by atoms with Crippen molar-refractivity contribution < 1.29 is 24.2 Å². The Morgan fingerprint density at radius 1 is 1.14 bits per heavy atom. The van der Waals surface area contributed by atoms with Crippen LogP contribution in [0.4, 0.5) is 5.69 Å². The Hall–Kier alpha value is -3.92. The molecular weight excluding hydrogens is 559 g/mol. The number of rotatable bonds is 8. The minimum atomic E-state index is -1.04. The molecule has 0 fully saturated rings. The Morgan fingerprint density at radius 3 is 2.49 bits per heavy atom. The van der Waals surface area contributed by atoms with Gasteiger partial charge in [0.1, 0.15) is 12.3 Å². The first-order chi connectivity index (χ1) is 16.9. The van der Waals surface area contributed by atoms with E-state index in [0.29, 0.717) is 35.1 Å². The van der Waals surface area contributed by atoms with E-state index >= 15 is 0 Å². The lowest BCUT2D eigenvalue weighted by Crippen LogP contribution is -2.21. The maximum absolute atomic E-state index is 13.5. The molecule has 8 heteroatoms. The van der Waals surface area contributed by atoms with Crippen LogP contribution in [-0.4, -0.2) is 36.4 Å². The molecule has 0 unspecified atom stereocenters. The van der Waals surface area contributed by atoms with Gasteiger partial charge in [0.25, 0.3) is 5.91 Å². The van der Waals surface area contributed by atoms with Crippen molar-refractivity contribution in [1.29, 1.82) is 0 Å². The van der Waals surface area contributed by atoms with Crippen molar-refractivity contribution in [3.05, 3.63) is 105 Å². The van der Waals surface area contributed by atoms with Crippen LogP contribution in [0.15, 0.2) is 90.1 Å². The number of carboxylic acid groups (broad SMARTS) is 1. The van der Waals surface area contributed by atoms with E-state index in [1.54, 1.807) is 37.5 Å². The lowest BCUT2D eigenvalue weighted by molar-refractivity contribution is -0.114. The van der Waals surface area contributed by atoms with Crippen molar-refractivity contribution in [2.75, 3.05) is 18.7 Å². The molecule has 0 aromatic heterocycles. The molecule has 1 heterocycles. The van der Waals surface area contributed by atoms with Gasteiger partial charge in [-0.15, -0.1) is 0 Å². The summed E-state index contributed by atoms with van der Waals surface area (Å²) in [6, 6.07) is 19.1. The highest BCUT2D eigenvalue weighted by atomic mass is 127. The van der Waals surface area contributed by atoms with Gasteiger partial charge in [0.05, 0.1) is 27.5 Å². The van der Waals surface area contributed by atoms with Gasteiger partial charge >= 0.3 is 5.97 Å². The number of aromatic carboxylic acids is 1. The Morgan fingerprint density at radius 2 is 1.86 bits per heavy atom. The van der Waals surface area contributed by atoms with Gasteiger partial charge in [0.2, 0.25) is 0 Å². The molecule has 4 rings (SSSR count). The Bertz CT molecular complexity index is 1350. The predicted octanol–water partition coefficient (Wildman–Crippen LogP) is 5.40. The summed E-state index contributed by atoms with van der Waals surface area (Å²) in [6.45, 7) is 4.01. The number of carboxylic acids is 1. The number of hydrogen-bond acceptors (Lipinski definition) is 5. The number of amides is 1. The smallest absolute Gasteiger partial charge is 0.335 e. The van der Waals surface area contributed by atoms with Crippen LogP contribution in [0.3, 0.4) is 0 Å². The molecule has 3 aromatic rings. The molecule has 0 atom stereocenters. The van der Waals surface area contributed by atoms with Crippen LogP contribution in [-0.2, 0) is 4.79 Å². The van der Waals surface area contributed by atoms with Crippen molar-refractivity contribution >= 4 is 51.9 Å². The van der Waals surface area contributed by atoms with Crippen LogP contribution in [0.25, 0.3) is 6.08 Å². The van der Waals surface area contributed by atoms with Gasteiger partial charge in [-0.2, -0.15) is 10.1 Å². The van der Waals surface area contributed by atoms with Gasteiger partial charge in [-0.3, -0.25) is 4.79 Å². The summed E-state index contributed by atoms with van der Waals surface area (Å²) in [5, 5.41) is 15.1. The maximum atomic E-state index is 13.5. The van der Waals surface area contributed by atoms with Crippen molar-refractivity contribution in [3.8, 4) is 11.5 Å². The monoisotopic (exact) mass is 580 g/mol. The van der Waals surface area contributed by atoms with Crippen LogP contribution >= 0.6 is 22.6 Å². The van der Waals surface area contributed by atoms with Crippen LogP contribution in [0.1, 0.15) is 21.5 Å². The van der Waals surface area contributed by atoms with Crippen molar-refractivity contribution in [2.45, 2.75) is 0 Å². The zero-order valence-electron chi connectivity index (χ0n) is 18.8.